The average molecular weight is 422 g/mol. The van der Waals surface area contributed by atoms with Crippen LogP contribution in [0.3, 0.4) is 0 Å². The van der Waals surface area contributed by atoms with Crippen molar-refractivity contribution in [2.75, 3.05) is 5.32 Å². The van der Waals surface area contributed by atoms with Crippen molar-refractivity contribution in [1.29, 1.82) is 0 Å². The van der Waals surface area contributed by atoms with Gasteiger partial charge in [0.2, 0.25) is 0 Å². The Morgan fingerprint density at radius 3 is 1.21 bits per heavy atom. The molecule has 0 bridgehead atoms. The number of nitrogens with one attached hydrogen (secondary N) is 1. The van der Waals surface area contributed by atoms with Crippen LogP contribution in [0.15, 0.2) is 133 Å². The molecule has 6 aromatic rings. The van der Waals surface area contributed by atoms with Crippen molar-refractivity contribution in [3.63, 3.8) is 0 Å². The Labute approximate surface area is 194 Å². The summed E-state index contributed by atoms with van der Waals surface area (Å²) in [6.07, 6.45) is 0. The van der Waals surface area contributed by atoms with Crippen LogP contribution in [0, 0.1) is 0 Å². The Balaban J connectivity index is 1.50. The number of anilines is 2. The van der Waals surface area contributed by atoms with E-state index < -0.39 is 0 Å². The van der Waals surface area contributed by atoms with Crippen LogP contribution >= 0.6 is 0 Å². The fourth-order valence-electron chi connectivity index (χ4n) is 4.65. The van der Waals surface area contributed by atoms with Gasteiger partial charge in [0, 0.05) is 11.4 Å². The summed E-state index contributed by atoms with van der Waals surface area (Å²) in [5.41, 5.74) is 7.09. The van der Waals surface area contributed by atoms with Crippen molar-refractivity contribution in [1.82, 2.24) is 0 Å². The zero-order valence-electron chi connectivity index (χ0n) is 18.2. The van der Waals surface area contributed by atoms with Gasteiger partial charge < -0.3 is 5.32 Å². The maximum atomic E-state index is 3.71. The molecule has 1 N–H and O–H groups in total. The molecule has 0 atom stereocenters. The summed E-state index contributed by atoms with van der Waals surface area (Å²) in [4.78, 5) is 0. The van der Waals surface area contributed by atoms with Gasteiger partial charge in [-0.15, -0.1) is 0 Å². The molecule has 0 aromatic heterocycles. The first-order valence-electron chi connectivity index (χ1n) is 11.3. The molecular formula is C32H23N. The lowest BCUT2D eigenvalue weighted by Gasteiger charge is -2.15. The van der Waals surface area contributed by atoms with Crippen LogP contribution in [0.5, 0.6) is 0 Å². The van der Waals surface area contributed by atoms with Gasteiger partial charge in [-0.1, -0.05) is 109 Å². The van der Waals surface area contributed by atoms with E-state index in [1.165, 1.54) is 43.8 Å². The Hall–Kier alpha value is -4.36. The third kappa shape index (κ3) is 3.75. The van der Waals surface area contributed by atoms with Crippen LogP contribution in [-0.2, 0) is 0 Å². The normalized spacial score (nSPS) is 11.0. The molecule has 0 spiro atoms. The Morgan fingerprint density at radius 2 is 0.758 bits per heavy atom. The van der Waals surface area contributed by atoms with Gasteiger partial charge in [-0.3, -0.25) is 0 Å². The summed E-state index contributed by atoms with van der Waals surface area (Å²) < 4.78 is 0. The van der Waals surface area contributed by atoms with Gasteiger partial charge in [0.1, 0.15) is 0 Å². The predicted octanol–water partition coefficient (Wildman–Crippen LogP) is 9.07. The van der Waals surface area contributed by atoms with Gasteiger partial charge in [-0.05, 0) is 68.1 Å². The van der Waals surface area contributed by atoms with Gasteiger partial charge in [0.25, 0.3) is 0 Å². The van der Waals surface area contributed by atoms with E-state index >= 15 is 0 Å². The molecule has 0 radical (unpaired) electrons. The van der Waals surface area contributed by atoms with Crippen molar-refractivity contribution >= 4 is 32.9 Å². The van der Waals surface area contributed by atoms with Crippen LogP contribution in [0.2, 0.25) is 0 Å². The molecule has 0 aliphatic rings. The summed E-state index contributed by atoms with van der Waals surface area (Å²) in [5, 5.41) is 8.69. The Bertz CT molecular complexity index is 1450. The highest BCUT2D eigenvalue weighted by Gasteiger charge is 2.09. The largest absolute Gasteiger partial charge is 0.355 e. The maximum Gasteiger partial charge on any atom is 0.0396 e. The molecule has 156 valence electrons. The summed E-state index contributed by atoms with van der Waals surface area (Å²) in [7, 11) is 0. The molecule has 0 aliphatic carbocycles. The van der Waals surface area contributed by atoms with Crippen molar-refractivity contribution in [2.24, 2.45) is 0 Å². The zero-order chi connectivity index (χ0) is 22.0. The minimum absolute atomic E-state index is 1.09. The zero-order valence-corrected chi connectivity index (χ0v) is 18.2. The molecule has 1 heteroatoms. The van der Waals surface area contributed by atoms with Crippen LogP contribution < -0.4 is 5.32 Å². The molecule has 0 amide bonds. The average Bonchev–Trinajstić information content (AvgIpc) is 2.89. The number of hydrogen-bond acceptors (Lipinski definition) is 1. The molecule has 0 unspecified atom stereocenters. The van der Waals surface area contributed by atoms with E-state index in [4.69, 9.17) is 0 Å². The van der Waals surface area contributed by atoms with Crippen molar-refractivity contribution in [3.8, 4) is 22.3 Å². The molecule has 0 saturated carbocycles. The fraction of sp³-hybridized carbons (Fsp3) is 0. The first kappa shape index (κ1) is 19.3. The number of fused-ring (bicyclic) bond motifs is 2. The van der Waals surface area contributed by atoms with E-state index in [9.17, 15) is 0 Å². The molecular weight excluding hydrogens is 398 g/mol. The molecule has 0 saturated heterocycles. The van der Waals surface area contributed by atoms with E-state index in [0.29, 0.717) is 0 Å². The van der Waals surface area contributed by atoms with Gasteiger partial charge >= 0.3 is 0 Å². The quantitative estimate of drug-likeness (QED) is 0.299. The smallest absolute Gasteiger partial charge is 0.0396 e. The molecule has 6 rings (SSSR count). The number of benzene rings is 6. The van der Waals surface area contributed by atoms with E-state index in [-0.39, 0.29) is 0 Å². The van der Waals surface area contributed by atoms with Crippen LogP contribution in [0.4, 0.5) is 11.4 Å². The Morgan fingerprint density at radius 1 is 0.364 bits per heavy atom. The summed E-state index contributed by atoms with van der Waals surface area (Å²) in [5.74, 6) is 0. The molecule has 1 nitrogen and oxygen atoms in total. The summed E-state index contributed by atoms with van der Waals surface area (Å²) in [6, 6.07) is 47.4. The minimum Gasteiger partial charge on any atom is -0.355 e. The van der Waals surface area contributed by atoms with Crippen molar-refractivity contribution in [2.45, 2.75) is 0 Å². The topological polar surface area (TPSA) is 12.0 Å². The standard InChI is InChI=1S/C32H23N/c1-3-11-23(12-4-1)31-21-27(19-25-15-7-9-17-29(25)31)33-28-20-26-16-8-10-18-30(26)32(22-28)24-13-5-2-6-14-24/h1-22,33H. The maximum absolute atomic E-state index is 3.71. The monoisotopic (exact) mass is 421 g/mol. The fourth-order valence-corrected chi connectivity index (χ4v) is 4.65. The first-order valence-corrected chi connectivity index (χ1v) is 11.3. The predicted molar refractivity (Wildman–Crippen MR) is 142 cm³/mol. The van der Waals surface area contributed by atoms with E-state index in [0.717, 1.165) is 11.4 Å². The van der Waals surface area contributed by atoms with Crippen molar-refractivity contribution in [3.05, 3.63) is 133 Å². The van der Waals surface area contributed by atoms with Crippen LogP contribution in [0.1, 0.15) is 0 Å². The van der Waals surface area contributed by atoms with E-state index in [2.05, 4.69) is 139 Å². The SMILES string of the molecule is c1ccc(-c2cc(Nc3cc(-c4ccccc4)c4ccccc4c3)cc3ccccc23)cc1. The summed E-state index contributed by atoms with van der Waals surface area (Å²) in [6.45, 7) is 0. The number of hydrogen-bond donors (Lipinski definition) is 1. The van der Waals surface area contributed by atoms with Crippen LogP contribution in [-0.4, -0.2) is 0 Å². The molecule has 33 heavy (non-hydrogen) atoms. The second-order valence-electron chi connectivity index (χ2n) is 8.35. The lowest BCUT2D eigenvalue weighted by atomic mass is 9.96. The highest BCUT2D eigenvalue weighted by atomic mass is 14.9. The van der Waals surface area contributed by atoms with Gasteiger partial charge in [0.15, 0.2) is 0 Å². The van der Waals surface area contributed by atoms with E-state index in [1.807, 2.05) is 0 Å². The third-order valence-electron chi connectivity index (χ3n) is 6.18. The first-order chi connectivity index (χ1) is 16.3. The minimum atomic E-state index is 1.09. The van der Waals surface area contributed by atoms with Crippen LogP contribution in [0.25, 0.3) is 43.8 Å². The van der Waals surface area contributed by atoms with E-state index in [1.54, 1.807) is 0 Å². The second kappa shape index (κ2) is 8.29. The summed E-state index contributed by atoms with van der Waals surface area (Å²) >= 11 is 0. The molecule has 0 aliphatic heterocycles. The second-order valence-corrected chi connectivity index (χ2v) is 8.35. The van der Waals surface area contributed by atoms with Gasteiger partial charge in [-0.25, -0.2) is 0 Å². The molecule has 0 fully saturated rings. The molecule has 6 aromatic carbocycles. The Kier molecular flexibility index (Phi) is 4.86. The lowest BCUT2D eigenvalue weighted by molar-refractivity contribution is 1.57. The van der Waals surface area contributed by atoms with Gasteiger partial charge in [0.05, 0.1) is 0 Å². The highest BCUT2D eigenvalue weighted by molar-refractivity contribution is 6.02. The lowest BCUT2D eigenvalue weighted by Crippen LogP contribution is -1.94. The van der Waals surface area contributed by atoms with Gasteiger partial charge in [-0.2, -0.15) is 0 Å². The third-order valence-corrected chi connectivity index (χ3v) is 6.18. The molecule has 0 heterocycles. The number of rotatable bonds is 4. The van der Waals surface area contributed by atoms with Crippen molar-refractivity contribution < 1.29 is 0 Å². The highest BCUT2D eigenvalue weighted by Crippen LogP contribution is 2.36.